The fourth-order valence-corrected chi connectivity index (χ4v) is 2.90. The van der Waals surface area contributed by atoms with Crippen molar-refractivity contribution in [1.82, 2.24) is 4.98 Å². The monoisotopic (exact) mass is 289 g/mol. The number of nitro groups is 1. The van der Waals surface area contributed by atoms with Crippen LogP contribution in [0, 0.1) is 16.0 Å². The Morgan fingerprint density at radius 1 is 1.33 bits per heavy atom. The third kappa shape index (κ3) is 2.33. The number of hydrogen-bond donors (Lipinski definition) is 1. The third-order valence-corrected chi connectivity index (χ3v) is 4.11. The zero-order valence-electron chi connectivity index (χ0n) is 11.3. The fraction of sp³-hybridized carbons (Fsp3) is 0.500. The van der Waals surface area contributed by atoms with Gasteiger partial charge in [0.25, 0.3) is 11.7 Å². The topological polar surface area (TPSA) is 90.4 Å². The summed E-state index contributed by atoms with van der Waals surface area (Å²) in [6.07, 6.45) is 3.61. The van der Waals surface area contributed by atoms with Crippen molar-refractivity contribution in [2.45, 2.75) is 31.4 Å². The normalized spacial score (nSPS) is 25.3. The van der Waals surface area contributed by atoms with Crippen LogP contribution >= 0.6 is 0 Å². The highest BCUT2D eigenvalue weighted by Gasteiger charge is 2.41. The summed E-state index contributed by atoms with van der Waals surface area (Å²) in [5, 5.41) is 14.0. The SMILES string of the molecule is O=[N+]([O-])c1ccc2oc(NC3CCOC3C3CC3)nc2c1. The molecule has 21 heavy (non-hydrogen) atoms. The lowest BCUT2D eigenvalue weighted by molar-refractivity contribution is -0.384. The summed E-state index contributed by atoms with van der Waals surface area (Å²) >= 11 is 0. The van der Waals surface area contributed by atoms with Crippen molar-refractivity contribution in [3.63, 3.8) is 0 Å². The summed E-state index contributed by atoms with van der Waals surface area (Å²) in [6, 6.07) is 5.04. The molecule has 2 aliphatic rings. The number of nitrogens with zero attached hydrogens (tertiary/aromatic N) is 2. The highest BCUT2D eigenvalue weighted by Crippen LogP contribution is 2.39. The minimum Gasteiger partial charge on any atom is -0.424 e. The molecule has 7 heteroatoms. The second-order valence-corrected chi connectivity index (χ2v) is 5.64. The summed E-state index contributed by atoms with van der Waals surface area (Å²) in [5.41, 5.74) is 1.06. The zero-order valence-corrected chi connectivity index (χ0v) is 11.3. The van der Waals surface area contributed by atoms with E-state index in [1.807, 2.05) is 0 Å². The van der Waals surface area contributed by atoms with Crippen molar-refractivity contribution >= 4 is 22.8 Å². The van der Waals surface area contributed by atoms with Crippen LogP contribution in [-0.4, -0.2) is 28.7 Å². The Morgan fingerprint density at radius 2 is 2.19 bits per heavy atom. The van der Waals surface area contributed by atoms with Gasteiger partial charge in [0.2, 0.25) is 0 Å². The van der Waals surface area contributed by atoms with E-state index in [1.165, 1.54) is 25.0 Å². The van der Waals surface area contributed by atoms with Crippen molar-refractivity contribution < 1.29 is 14.1 Å². The molecule has 1 aromatic carbocycles. The lowest BCUT2D eigenvalue weighted by Crippen LogP contribution is -2.31. The Labute approximate surface area is 120 Å². The number of rotatable bonds is 4. The van der Waals surface area contributed by atoms with E-state index in [0.717, 1.165) is 13.0 Å². The molecule has 7 nitrogen and oxygen atoms in total. The van der Waals surface area contributed by atoms with Gasteiger partial charge in [-0.05, 0) is 31.2 Å². The minimum absolute atomic E-state index is 0.0161. The molecule has 1 N–H and O–H groups in total. The molecule has 2 aromatic rings. The Hall–Kier alpha value is -2.15. The van der Waals surface area contributed by atoms with Crippen molar-refractivity contribution in [2.24, 2.45) is 5.92 Å². The summed E-state index contributed by atoms with van der Waals surface area (Å²) in [5.74, 6) is 0.649. The number of nitro benzene ring substituents is 1. The number of benzene rings is 1. The summed E-state index contributed by atoms with van der Waals surface area (Å²) in [7, 11) is 0. The molecule has 2 atom stereocenters. The maximum Gasteiger partial charge on any atom is 0.296 e. The summed E-state index contributed by atoms with van der Waals surface area (Å²) in [6.45, 7) is 0.754. The molecule has 1 aliphatic carbocycles. The fourth-order valence-electron chi connectivity index (χ4n) is 2.90. The van der Waals surface area contributed by atoms with Crippen LogP contribution in [0.15, 0.2) is 22.6 Å². The molecule has 1 saturated heterocycles. The number of hydrogen-bond acceptors (Lipinski definition) is 6. The van der Waals surface area contributed by atoms with Gasteiger partial charge in [0.15, 0.2) is 5.58 Å². The zero-order chi connectivity index (χ0) is 14.4. The van der Waals surface area contributed by atoms with E-state index in [4.69, 9.17) is 9.15 Å². The molecule has 1 aliphatic heterocycles. The second-order valence-electron chi connectivity index (χ2n) is 5.64. The van der Waals surface area contributed by atoms with Gasteiger partial charge in [-0.25, -0.2) is 0 Å². The smallest absolute Gasteiger partial charge is 0.296 e. The van der Waals surface area contributed by atoms with Crippen LogP contribution in [0.1, 0.15) is 19.3 Å². The number of ether oxygens (including phenoxy) is 1. The molecule has 1 saturated carbocycles. The van der Waals surface area contributed by atoms with Gasteiger partial charge < -0.3 is 14.5 Å². The van der Waals surface area contributed by atoms with Crippen molar-refractivity contribution in [3.8, 4) is 0 Å². The lowest BCUT2D eigenvalue weighted by Gasteiger charge is -2.17. The molecule has 2 heterocycles. The van der Waals surface area contributed by atoms with Crippen LogP contribution in [0.2, 0.25) is 0 Å². The summed E-state index contributed by atoms with van der Waals surface area (Å²) in [4.78, 5) is 14.6. The Balaban J connectivity index is 1.57. The van der Waals surface area contributed by atoms with Crippen LogP contribution < -0.4 is 5.32 Å². The standard InChI is InChI=1S/C14H15N3O4/c18-17(19)9-3-4-12-11(7-9)16-14(21-12)15-10-5-6-20-13(10)8-1-2-8/h3-4,7-8,10,13H,1-2,5-6H2,(H,15,16). The Bertz CT molecular complexity index is 695. The molecule has 4 rings (SSSR count). The van der Waals surface area contributed by atoms with Gasteiger partial charge in [0.1, 0.15) is 5.52 Å². The van der Waals surface area contributed by atoms with E-state index in [0.29, 0.717) is 23.0 Å². The number of anilines is 1. The molecule has 0 radical (unpaired) electrons. The van der Waals surface area contributed by atoms with E-state index in [-0.39, 0.29) is 17.8 Å². The van der Waals surface area contributed by atoms with Crippen molar-refractivity contribution in [1.29, 1.82) is 0 Å². The second kappa shape index (κ2) is 4.70. The highest BCUT2D eigenvalue weighted by atomic mass is 16.6. The van der Waals surface area contributed by atoms with Crippen LogP contribution in [-0.2, 0) is 4.74 Å². The highest BCUT2D eigenvalue weighted by molar-refractivity contribution is 5.77. The van der Waals surface area contributed by atoms with Gasteiger partial charge in [0.05, 0.1) is 17.1 Å². The third-order valence-electron chi connectivity index (χ3n) is 4.11. The lowest BCUT2D eigenvalue weighted by atomic mass is 10.1. The molecular weight excluding hydrogens is 274 g/mol. The summed E-state index contributed by atoms with van der Waals surface area (Å²) < 4.78 is 11.4. The average molecular weight is 289 g/mol. The maximum atomic E-state index is 10.8. The van der Waals surface area contributed by atoms with E-state index < -0.39 is 4.92 Å². The number of non-ortho nitro benzene ring substituents is 1. The molecular formula is C14H15N3O4. The number of aromatic nitrogens is 1. The van der Waals surface area contributed by atoms with E-state index in [1.54, 1.807) is 6.07 Å². The van der Waals surface area contributed by atoms with Crippen LogP contribution in [0.4, 0.5) is 11.7 Å². The van der Waals surface area contributed by atoms with Crippen molar-refractivity contribution in [2.75, 3.05) is 11.9 Å². The van der Waals surface area contributed by atoms with Gasteiger partial charge in [-0.15, -0.1) is 0 Å². The predicted octanol–water partition coefficient (Wildman–Crippen LogP) is 2.72. The van der Waals surface area contributed by atoms with Gasteiger partial charge in [0, 0.05) is 18.7 Å². The molecule has 110 valence electrons. The Morgan fingerprint density at radius 3 is 2.95 bits per heavy atom. The Kier molecular flexibility index (Phi) is 2.81. The van der Waals surface area contributed by atoms with E-state index in [2.05, 4.69) is 10.3 Å². The largest absolute Gasteiger partial charge is 0.424 e. The number of nitrogens with one attached hydrogen (secondary N) is 1. The van der Waals surface area contributed by atoms with Crippen molar-refractivity contribution in [3.05, 3.63) is 28.3 Å². The molecule has 0 spiro atoms. The first-order chi connectivity index (χ1) is 10.2. The molecule has 2 unspecified atom stereocenters. The molecule has 2 fully saturated rings. The number of fused-ring (bicyclic) bond motifs is 1. The van der Waals surface area contributed by atoms with Crippen LogP contribution in [0.3, 0.4) is 0 Å². The average Bonchev–Trinajstić information content (AvgIpc) is 3.07. The van der Waals surface area contributed by atoms with E-state index in [9.17, 15) is 10.1 Å². The van der Waals surface area contributed by atoms with Gasteiger partial charge >= 0.3 is 0 Å². The molecule has 0 amide bonds. The molecule has 0 bridgehead atoms. The number of oxazole rings is 1. The predicted molar refractivity (Wildman–Crippen MR) is 75.2 cm³/mol. The van der Waals surface area contributed by atoms with Crippen LogP contribution in [0.25, 0.3) is 11.1 Å². The first-order valence-electron chi connectivity index (χ1n) is 7.14. The van der Waals surface area contributed by atoms with Gasteiger partial charge in [-0.1, -0.05) is 0 Å². The maximum absolute atomic E-state index is 10.8. The molecule has 1 aromatic heterocycles. The van der Waals surface area contributed by atoms with Gasteiger partial charge in [-0.2, -0.15) is 4.98 Å². The van der Waals surface area contributed by atoms with Crippen LogP contribution in [0.5, 0.6) is 0 Å². The quantitative estimate of drug-likeness (QED) is 0.687. The first kappa shape index (κ1) is 12.6. The minimum atomic E-state index is -0.435. The van der Waals surface area contributed by atoms with E-state index >= 15 is 0 Å². The first-order valence-corrected chi connectivity index (χ1v) is 7.14. The van der Waals surface area contributed by atoms with Gasteiger partial charge in [-0.3, -0.25) is 10.1 Å².